The van der Waals surface area contributed by atoms with Gasteiger partial charge in [-0.1, -0.05) is 0 Å². The van der Waals surface area contributed by atoms with Gasteiger partial charge in [-0.2, -0.15) is 0 Å². The molecule has 0 unspecified atom stereocenters. The Bertz CT molecular complexity index is 767. The van der Waals surface area contributed by atoms with E-state index in [9.17, 15) is 10.0 Å². The molecule has 6 heteroatoms. The highest BCUT2D eigenvalue weighted by molar-refractivity contribution is 6.63. The van der Waals surface area contributed by atoms with Gasteiger partial charge in [-0.05, 0) is 25.1 Å². The van der Waals surface area contributed by atoms with Gasteiger partial charge in [0.05, 0.1) is 18.3 Å². The number of aromatic amines is 1. The number of hydrogen-bond acceptors (Lipinski definition) is 4. The molecule has 0 aliphatic heterocycles. The Kier molecular flexibility index (Phi) is 2.69. The van der Waals surface area contributed by atoms with Crippen molar-refractivity contribution in [1.29, 1.82) is 0 Å². The number of nitrogens with one attached hydrogen (secondary N) is 1. The topological polar surface area (TPSA) is 78.4 Å². The summed E-state index contributed by atoms with van der Waals surface area (Å²) in [5.41, 5.74) is 2.77. The lowest BCUT2D eigenvalue weighted by Crippen LogP contribution is -2.32. The molecular weight excluding hydrogens is 242 g/mol. The lowest BCUT2D eigenvalue weighted by atomic mass is 9.26. The number of aromatic nitrogens is 2. The van der Waals surface area contributed by atoms with E-state index in [1.165, 1.54) is 7.11 Å². The van der Waals surface area contributed by atoms with Crippen LogP contribution in [-0.4, -0.2) is 34.2 Å². The molecule has 2 aromatic heterocycles. The third-order valence-corrected chi connectivity index (χ3v) is 3.36. The van der Waals surface area contributed by atoms with Crippen molar-refractivity contribution in [2.24, 2.45) is 0 Å². The third-order valence-electron chi connectivity index (χ3n) is 3.36. The van der Waals surface area contributed by atoms with Crippen molar-refractivity contribution >= 4 is 34.4 Å². The number of methoxy groups -OCH3 is 1. The van der Waals surface area contributed by atoms with Gasteiger partial charge in [0.25, 0.3) is 0 Å². The number of fused-ring (bicyclic) bond motifs is 3. The molecule has 1 aromatic carbocycles. The summed E-state index contributed by atoms with van der Waals surface area (Å²) in [4.78, 5) is 7.44. The second-order valence-electron chi connectivity index (χ2n) is 4.42. The summed E-state index contributed by atoms with van der Waals surface area (Å²) in [7, 11) is -0.0948. The molecule has 5 nitrogen and oxygen atoms in total. The van der Waals surface area contributed by atoms with Crippen molar-refractivity contribution in [3.63, 3.8) is 0 Å². The minimum absolute atomic E-state index is 0.343. The average Bonchev–Trinajstić information content (AvgIpc) is 2.77. The monoisotopic (exact) mass is 255 g/mol. The molecule has 2 heterocycles. The summed E-state index contributed by atoms with van der Waals surface area (Å²) >= 11 is 0. The van der Waals surface area contributed by atoms with Gasteiger partial charge in [-0.3, -0.25) is 4.98 Å². The predicted octanol–water partition coefficient (Wildman–Crippen LogP) is 0.713. The van der Waals surface area contributed by atoms with Crippen LogP contribution in [0.2, 0.25) is 0 Å². The van der Waals surface area contributed by atoms with Gasteiger partial charge in [0.2, 0.25) is 0 Å². The lowest BCUT2D eigenvalue weighted by Gasteiger charge is -2.08. The van der Waals surface area contributed by atoms with Crippen LogP contribution in [-0.2, 0) is 0 Å². The summed E-state index contributed by atoms with van der Waals surface area (Å²) < 4.78 is 5.19. The average molecular weight is 255 g/mol. The first-order valence-electron chi connectivity index (χ1n) is 5.93. The normalized spacial score (nSPS) is 11.2. The zero-order chi connectivity index (χ0) is 13.6. The first-order chi connectivity index (χ1) is 9.13. The molecule has 0 saturated heterocycles. The highest BCUT2D eigenvalue weighted by Gasteiger charge is 2.23. The number of rotatable bonds is 2. The Morgan fingerprint density at radius 2 is 1.89 bits per heavy atom. The van der Waals surface area contributed by atoms with E-state index >= 15 is 0 Å². The number of pyridine rings is 1. The molecule has 3 aromatic rings. The molecule has 0 atom stereocenters. The molecule has 0 aliphatic rings. The zero-order valence-corrected chi connectivity index (χ0v) is 10.6. The van der Waals surface area contributed by atoms with Gasteiger partial charge in [-0.25, -0.2) is 0 Å². The number of H-pyrrole nitrogens is 1. The van der Waals surface area contributed by atoms with Crippen LogP contribution in [0, 0.1) is 6.92 Å². The molecule has 3 rings (SSSR count). The molecule has 0 bridgehead atoms. The first-order valence-corrected chi connectivity index (χ1v) is 5.93. The Morgan fingerprint density at radius 3 is 2.58 bits per heavy atom. The van der Waals surface area contributed by atoms with E-state index in [1.54, 1.807) is 12.3 Å². The van der Waals surface area contributed by atoms with E-state index in [4.69, 9.17) is 4.74 Å². The van der Waals surface area contributed by atoms with Crippen LogP contribution < -0.4 is 10.2 Å². The van der Waals surface area contributed by atoms with E-state index < -0.39 is 7.12 Å². The molecule has 0 aliphatic carbocycles. The van der Waals surface area contributed by atoms with Crippen molar-refractivity contribution in [3.8, 4) is 5.75 Å². The Hall–Kier alpha value is -2.05. The number of benzene rings is 1. The number of ether oxygens (including phenoxy) is 1. The fourth-order valence-electron chi connectivity index (χ4n) is 2.47. The van der Waals surface area contributed by atoms with E-state index in [-0.39, 0.29) is 0 Å². The van der Waals surface area contributed by atoms with Crippen molar-refractivity contribution in [3.05, 3.63) is 30.1 Å². The Balaban J connectivity index is 2.49. The Morgan fingerprint density at radius 1 is 1.16 bits per heavy atom. The van der Waals surface area contributed by atoms with Crippen LogP contribution in [0.15, 0.2) is 24.4 Å². The van der Waals surface area contributed by atoms with Gasteiger partial charge >= 0.3 is 7.12 Å². The standard InChI is InChI=1S/C13H13BN2O3/c1-7-12-9(5-6-15-7)8-3-4-10(19-2)11(14(17)18)13(8)16-12/h3-6,16-18H,1-2H3/i14-1. The van der Waals surface area contributed by atoms with E-state index in [0.29, 0.717) is 16.7 Å². The van der Waals surface area contributed by atoms with Gasteiger partial charge in [0.1, 0.15) is 5.75 Å². The minimum Gasteiger partial charge on any atom is -0.497 e. The fourth-order valence-corrected chi connectivity index (χ4v) is 2.47. The zero-order valence-electron chi connectivity index (χ0n) is 10.6. The highest BCUT2D eigenvalue weighted by atomic mass is 16.5. The van der Waals surface area contributed by atoms with Crippen LogP contribution in [0.25, 0.3) is 21.8 Å². The molecular formula is C13H13BN2O3. The quantitative estimate of drug-likeness (QED) is 0.589. The van der Waals surface area contributed by atoms with Crippen molar-refractivity contribution in [2.75, 3.05) is 7.11 Å². The third kappa shape index (κ3) is 1.68. The van der Waals surface area contributed by atoms with Crippen molar-refractivity contribution in [2.45, 2.75) is 6.92 Å². The second kappa shape index (κ2) is 4.26. The van der Waals surface area contributed by atoms with Crippen LogP contribution in [0.1, 0.15) is 5.69 Å². The largest absolute Gasteiger partial charge is 0.497 e. The lowest BCUT2D eigenvalue weighted by molar-refractivity contribution is 0.404. The van der Waals surface area contributed by atoms with E-state index in [0.717, 1.165) is 22.0 Å². The van der Waals surface area contributed by atoms with Crippen LogP contribution in [0.3, 0.4) is 0 Å². The minimum atomic E-state index is -1.60. The molecule has 0 radical (unpaired) electrons. The van der Waals surface area contributed by atoms with Gasteiger partial charge < -0.3 is 19.8 Å². The summed E-state index contributed by atoms with van der Waals surface area (Å²) in [5, 5.41) is 21.1. The summed E-state index contributed by atoms with van der Waals surface area (Å²) in [6.45, 7) is 1.91. The summed E-state index contributed by atoms with van der Waals surface area (Å²) in [6.07, 6.45) is 1.74. The van der Waals surface area contributed by atoms with Crippen LogP contribution in [0.4, 0.5) is 0 Å². The van der Waals surface area contributed by atoms with Crippen LogP contribution >= 0.6 is 0 Å². The van der Waals surface area contributed by atoms with E-state index in [1.807, 2.05) is 19.1 Å². The fraction of sp³-hybridized carbons (Fsp3) is 0.154. The number of hydrogen-bond donors (Lipinski definition) is 3. The molecule has 0 saturated carbocycles. The number of aryl methyl sites for hydroxylation is 1. The smallest absolute Gasteiger partial charge is 0.494 e. The second-order valence-corrected chi connectivity index (χ2v) is 4.42. The molecule has 19 heavy (non-hydrogen) atoms. The van der Waals surface area contributed by atoms with Gasteiger partial charge in [-0.15, -0.1) is 0 Å². The molecule has 0 fully saturated rings. The summed E-state index contributed by atoms with van der Waals surface area (Å²) in [6, 6.07) is 5.54. The molecule has 3 N–H and O–H groups in total. The molecule has 96 valence electrons. The van der Waals surface area contributed by atoms with Gasteiger partial charge in [0, 0.05) is 27.9 Å². The number of nitrogens with zero attached hydrogens (tertiary/aromatic N) is 1. The molecule has 0 spiro atoms. The van der Waals surface area contributed by atoms with E-state index in [2.05, 4.69) is 9.97 Å². The summed E-state index contributed by atoms with van der Waals surface area (Å²) in [5.74, 6) is 0.444. The van der Waals surface area contributed by atoms with Crippen molar-refractivity contribution < 1.29 is 14.8 Å². The highest BCUT2D eigenvalue weighted by Crippen LogP contribution is 2.28. The SMILES string of the molecule is COc1ccc2c([nH]c3c(C)nccc32)c1[10B](O)O. The Labute approximate surface area is 110 Å². The van der Waals surface area contributed by atoms with Crippen LogP contribution in [0.5, 0.6) is 5.75 Å². The maximum Gasteiger partial charge on any atom is 0.494 e. The molecule has 0 amide bonds. The maximum atomic E-state index is 9.57. The van der Waals surface area contributed by atoms with Crippen molar-refractivity contribution in [1.82, 2.24) is 9.97 Å². The predicted molar refractivity (Wildman–Crippen MR) is 74.7 cm³/mol. The van der Waals surface area contributed by atoms with Gasteiger partial charge in [0.15, 0.2) is 0 Å². The maximum absolute atomic E-state index is 9.57. The first kappa shape index (κ1) is 12.0.